The predicted molar refractivity (Wildman–Crippen MR) is 178 cm³/mol. The zero-order valence-corrected chi connectivity index (χ0v) is 28.6. The fourth-order valence-electron chi connectivity index (χ4n) is 5.58. The summed E-state index contributed by atoms with van der Waals surface area (Å²) in [5.41, 5.74) is 1.64. The Morgan fingerprint density at radius 1 is 0.979 bits per heavy atom. The minimum atomic E-state index is -2.77. The number of anilines is 1. The summed E-state index contributed by atoms with van der Waals surface area (Å²) < 4.78 is 41.2. The van der Waals surface area contributed by atoms with E-state index in [9.17, 15) is 28.4 Å². The van der Waals surface area contributed by atoms with Gasteiger partial charge in [0.25, 0.3) is 5.91 Å². The van der Waals surface area contributed by atoms with Gasteiger partial charge in [-0.2, -0.15) is 5.06 Å². The summed E-state index contributed by atoms with van der Waals surface area (Å²) in [4.78, 5) is 43.8. The summed E-state index contributed by atoms with van der Waals surface area (Å²) in [6, 6.07) is 16.3. The molecule has 3 amide bonds. The van der Waals surface area contributed by atoms with Crippen molar-refractivity contribution in [3.05, 3.63) is 82.9 Å². The normalized spacial score (nSPS) is 16.9. The number of methoxy groups -OCH3 is 3. The molecular formula is C33H38ClN4O9S-. The molecule has 48 heavy (non-hydrogen) atoms. The molecule has 3 atom stereocenters. The molecule has 0 spiro atoms. The fourth-order valence-corrected chi connectivity index (χ4v) is 6.24. The lowest BCUT2D eigenvalue weighted by Gasteiger charge is -2.45. The van der Waals surface area contributed by atoms with Crippen molar-refractivity contribution < 1.29 is 42.6 Å². The van der Waals surface area contributed by atoms with E-state index in [1.54, 1.807) is 54.6 Å². The number of benzene rings is 3. The lowest BCUT2D eigenvalue weighted by Crippen LogP contribution is -2.64. The van der Waals surface area contributed by atoms with E-state index in [-0.39, 0.29) is 38.2 Å². The van der Waals surface area contributed by atoms with Gasteiger partial charge in [0.15, 0.2) is 0 Å². The quantitative estimate of drug-likeness (QED) is 0.151. The molecule has 0 radical (unpaired) electrons. The third-order valence-electron chi connectivity index (χ3n) is 8.01. The van der Waals surface area contributed by atoms with E-state index in [1.165, 1.54) is 50.2 Å². The van der Waals surface area contributed by atoms with Crippen LogP contribution in [0.3, 0.4) is 0 Å². The van der Waals surface area contributed by atoms with Gasteiger partial charge in [-0.3, -0.25) is 23.8 Å². The molecule has 1 aliphatic rings. The third kappa shape index (κ3) is 9.23. The molecule has 4 rings (SSSR count). The number of ether oxygens (including phenoxy) is 3. The average molecular weight is 702 g/mol. The van der Waals surface area contributed by atoms with Crippen LogP contribution in [0.1, 0.15) is 24.5 Å². The van der Waals surface area contributed by atoms with Crippen molar-refractivity contribution in [3.63, 3.8) is 0 Å². The number of carbonyl (C=O) groups excluding carboxylic acids is 3. The number of hydroxylamine groups is 1. The smallest absolute Gasteiger partial charge is 0.252 e. The Labute approximate surface area is 286 Å². The van der Waals surface area contributed by atoms with Crippen molar-refractivity contribution in [2.24, 2.45) is 0 Å². The first-order valence-corrected chi connectivity index (χ1v) is 16.4. The molecule has 1 fully saturated rings. The van der Waals surface area contributed by atoms with Crippen molar-refractivity contribution in [1.29, 1.82) is 0 Å². The molecule has 3 unspecified atom stereocenters. The number of hydrogen-bond donors (Lipinski definition) is 1. The molecule has 1 aliphatic heterocycles. The van der Waals surface area contributed by atoms with Crippen molar-refractivity contribution in [3.8, 4) is 17.2 Å². The average Bonchev–Trinajstić information content (AvgIpc) is 3.08. The predicted octanol–water partition coefficient (Wildman–Crippen LogP) is 3.45. The Hall–Kier alpha value is -4.21. The monoisotopic (exact) mass is 701 g/mol. The summed E-state index contributed by atoms with van der Waals surface area (Å²) >= 11 is 3.30. The SMILES string of the molecule is COc1ccc(N(O)C(=O)CC2CN(Cc3cc(OC)cc(OC)c3)C(=O)C(C)N2C(=O)CN(CCc2cccc(Cl)c2)S(=O)[O-])cc1. The summed E-state index contributed by atoms with van der Waals surface area (Å²) in [5.74, 6) is -0.248. The Kier molecular flexibility index (Phi) is 12.8. The highest BCUT2D eigenvalue weighted by molar-refractivity contribution is 7.76. The molecule has 1 N–H and O–H groups in total. The van der Waals surface area contributed by atoms with Gasteiger partial charge >= 0.3 is 0 Å². The van der Waals surface area contributed by atoms with Crippen LogP contribution in [-0.4, -0.2) is 98.8 Å². The number of piperazine rings is 1. The topological polar surface area (TPSA) is 152 Å². The number of rotatable bonds is 14. The van der Waals surface area contributed by atoms with E-state index in [1.807, 2.05) is 0 Å². The van der Waals surface area contributed by atoms with Crippen molar-refractivity contribution in [1.82, 2.24) is 14.1 Å². The molecule has 0 aliphatic carbocycles. The molecule has 0 aromatic heterocycles. The Morgan fingerprint density at radius 3 is 2.21 bits per heavy atom. The minimum Gasteiger partial charge on any atom is -0.760 e. The third-order valence-corrected chi connectivity index (χ3v) is 8.98. The molecule has 0 saturated carbocycles. The van der Waals surface area contributed by atoms with Gasteiger partial charge in [0.05, 0.1) is 46.0 Å². The molecule has 1 heterocycles. The zero-order valence-electron chi connectivity index (χ0n) is 27.0. The van der Waals surface area contributed by atoms with E-state index >= 15 is 0 Å². The molecule has 258 valence electrons. The van der Waals surface area contributed by atoms with Gasteiger partial charge in [0.2, 0.25) is 11.8 Å². The largest absolute Gasteiger partial charge is 0.760 e. The van der Waals surface area contributed by atoms with Gasteiger partial charge in [-0.15, -0.1) is 0 Å². The van der Waals surface area contributed by atoms with Gasteiger partial charge in [-0.25, -0.2) is 4.31 Å². The Morgan fingerprint density at radius 2 is 1.62 bits per heavy atom. The van der Waals surface area contributed by atoms with Crippen LogP contribution in [0.4, 0.5) is 5.69 Å². The van der Waals surface area contributed by atoms with Crippen LogP contribution in [0.25, 0.3) is 0 Å². The summed E-state index contributed by atoms with van der Waals surface area (Å²) in [6.45, 7) is 0.989. The van der Waals surface area contributed by atoms with Crippen LogP contribution >= 0.6 is 11.6 Å². The summed E-state index contributed by atoms with van der Waals surface area (Å²) in [7, 11) is 4.51. The highest BCUT2D eigenvalue weighted by Crippen LogP contribution is 2.28. The maximum absolute atomic E-state index is 13.9. The standard InChI is InChI=1S/C33H39ClN4O9S/c1-22-33(41)35(19-24-15-29(46-3)18-30(16-24)47-4)20-27(17-31(39)38(42)26-8-10-28(45-2)11-9-26)37(22)32(40)21-36(48(43)44)13-12-23-6-5-7-25(34)14-23/h5-11,14-16,18,22,27,42H,12-13,17,19-21H2,1-4H3,(H,43,44)/p-1. The number of amides is 3. The number of hydrogen-bond acceptors (Lipinski definition) is 9. The molecule has 15 heteroatoms. The molecule has 1 saturated heterocycles. The molecule has 13 nitrogen and oxygen atoms in total. The van der Waals surface area contributed by atoms with E-state index in [0.29, 0.717) is 32.9 Å². The van der Waals surface area contributed by atoms with Crippen LogP contribution in [0, 0.1) is 0 Å². The van der Waals surface area contributed by atoms with Gasteiger partial charge in [0.1, 0.15) is 23.3 Å². The van der Waals surface area contributed by atoms with E-state index in [4.69, 9.17) is 25.8 Å². The number of nitrogens with zero attached hydrogens (tertiary/aromatic N) is 4. The van der Waals surface area contributed by atoms with Crippen LogP contribution in [0.2, 0.25) is 5.02 Å². The highest BCUT2D eigenvalue weighted by Gasteiger charge is 2.42. The van der Waals surface area contributed by atoms with Crippen molar-refractivity contribution in [2.75, 3.05) is 46.0 Å². The molecular weight excluding hydrogens is 664 g/mol. The first kappa shape index (κ1) is 36.6. The van der Waals surface area contributed by atoms with E-state index < -0.39 is 47.6 Å². The van der Waals surface area contributed by atoms with E-state index in [2.05, 4.69) is 0 Å². The second kappa shape index (κ2) is 16.8. The van der Waals surface area contributed by atoms with Gasteiger partial charge in [-0.1, -0.05) is 23.7 Å². The summed E-state index contributed by atoms with van der Waals surface area (Å²) in [5, 5.41) is 11.8. The van der Waals surface area contributed by atoms with Gasteiger partial charge < -0.3 is 28.6 Å². The highest BCUT2D eigenvalue weighted by atomic mass is 35.5. The second-order valence-electron chi connectivity index (χ2n) is 11.1. The summed E-state index contributed by atoms with van der Waals surface area (Å²) in [6.07, 6.45) is -0.0792. The minimum absolute atomic E-state index is 0.0202. The van der Waals surface area contributed by atoms with Gasteiger partial charge in [-0.05, 0) is 73.0 Å². The Bertz CT molecular complexity index is 1600. The first-order chi connectivity index (χ1) is 22.9. The van der Waals surface area contributed by atoms with Gasteiger partial charge in [0, 0.05) is 42.0 Å². The maximum atomic E-state index is 13.9. The van der Waals surface area contributed by atoms with Crippen LogP contribution in [0.5, 0.6) is 17.2 Å². The van der Waals surface area contributed by atoms with Crippen LogP contribution in [-0.2, 0) is 38.6 Å². The van der Waals surface area contributed by atoms with Crippen molar-refractivity contribution in [2.45, 2.75) is 38.4 Å². The van der Waals surface area contributed by atoms with Crippen LogP contribution in [0.15, 0.2) is 66.7 Å². The van der Waals surface area contributed by atoms with Crippen molar-refractivity contribution >= 4 is 46.3 Å². The lowest BCUT2D eigenvalue weighted by molar-refractivity contribution is -0.157. The van der Waals surface area contributed by atoms with E-state index in [0.717, 1.165) is 9.87 Å². The maximum Gasteiger partial charge on any atom is 0.252 e. The molecule has 3 aromatic rings. The fraction of sp³-hybridized carbons (Fsp3) is 0.364. The number of halogens is 1. The Balaban J connectivity index is 1.59. The lowest BCUT2D eigenvalue weighted by atomic mass is 10.0. The van der Waals surface area contributed by atoms with Crippen LogP contribution < -0.4 is 19.3 Å². The first-order valence-electron chi connectivity index (χ1n) is 15.0. The second-order valence-corrected chi connectivity index (χ2v) is 12.5. The molecule has 3 aromatic carbocycles. The zero-order chi connectivity index (χ0) is 35.0. The molecule has 0 bridgehead atoms. The number of carbonyl (C=O) groups is 3.